The van der Waals surface area contributed by atoms with Gasteiger partial charge in [0.05, 0.1) is 40.3 Å². The second-order valence-electron chi connectivity index (χ2n) is 31.2. The highest BCUT2D eigenvalue weighted by Crippen LogP contribution is 2.21. The van der Waals surface area contributed by atoms with Crippen molar-refractivity contribution in [2.75, 3.05) is 47.5 Å². The van der Waals surface area contributed by atoms with E-state index in [4.69, 9.17) is 18.9 Å². The molecule has 0 spiro atoms. The summed E-state index contributed by atoms with van der Waals surface area (Å²) in [5.41, 5.74) is 0. The first-order valence-corrected chi connectivity index (χ1v) is 43.8. The predicted octanol–water partition coefficient (Wildman–Crippen LogP) is 27.0. The predicted molar refractivity (Wildman–Crippen MR) is 426 cm³/mol. The topological polar surface area (TPSA) is 111 Å². The fraction of sp³-hybridized carbons (Fsp3) is 0.878. The SMILES string of the molecule is CCCCCCC/C=C\C/C=C\CCCCCCCCCCCCCCCCCCCCCCCCCCCCCC(=O)OC(COC(=O)CCCCCCCCCCCCCCCCCCCCCCCCC/C=C\C/C=C\CCCCCCC)COC(OCC[N+](C)(C)C)C(=O)[O-]. The van der Waals surface area contributed by atoms with Crippen LogP contribution < -0.4 is 5.11 Å². The van der Waals surface area contributed by atoms with Crippen molar-refractivity contribution in [2.45, 2.75) is 463 Å². The maximum atomic E-state index is 13.0. The molecule has 0 aliphatic carbocycles. The number of carbonyl (C=O) groups is 3. The molecule has 0 amide bonds. The van der Waals surface area contributed by atoms with E-state index in [0.29, 0.717) is 17.4 Å². The number of hydrogen-bond donors (Lipinski definition) is 0. The lowest BCUT2D eigenvalue weighted by Gasteiger charge is -2.26. The Kier molecular flexibility index (Phi) is 78.7. The van der Waals surface area contributed by atoms with Crippen molar-refractivity contribution in [3.8, 4) is 0 Å². The first-order valence-electron chi connectivity index (χ1n) is 43.8. The van der Waals surface area contributed by atoms with Gasteiger partial charge < -0.3 is 33.3 Å². The summed E-state index contributed by atoms with van der Waals surface area (Å²) in [4.78, 5) is 37.7. The maximum absolute atomic E-state index is 13.0. The fourth-order valence-corrected chi connectivity index (χ4v) is 13.4. The molecule has 0 aromatic heterocycles. The average molecular weight is 1390 g/mol. The van der Waals surface area contributed by atoms with Crippen LogP contribution in [0.3, 0.4) is 0 Å². The third-order valence-corrected chi connectivity index (χ3v) is 20.0. The quantitative estimate of drug-likeness (QED) is 0.0195. The summed E-state index contributed by atoms with van der Waals surface area (Å²) in [5, 5.41) is 11.9. The first kappa shape index (κ1) is 96.2. The van der Waals surface area contributed by atoms with Gasteiger partial charge in [-0.1, -0.05) is 409 Å². The molecule has 0 aliphatic heterocycles. The fourth-order valence-electron chi connectivity index (χ4n) is 13.4. The summed E-state index contributed by atoms with van der Waals surface area (Å²) in [5.74, 6) is -2.25. The molecule has 2 atom stereocenters. The number of carboxylic acids is 1. The van der Waals surface area contributed by atoms with E-state index in [1.54, 1.807) is 0 Å². The minimum absolute atomic E-state index is 0.151. The van der Waals surface area contributed by atoms with E-state index in [9.17, 15) is 19.5 Å². The lowest BCUT2D eigenvalue weighted by molar-refractivity contribution is -0.870. The molecule has 0 rings (SSSR count). The smallest absolute Gasteiger partial charge is 0.306 e. The molecular formula is C90H169NO8. The van der Waals surface area contributed by atoms with Crippen LogP contribution in [0.4, 0.5) is 0 Å². The summed E-state index contributed by atoms with van der Waals surface area (Å²) in [6.07, 6.45) is 104. The van der Waals surface area contributed by atoms with E-state index in [-0.39, 0.29) is 32.2 Å². The van der Waals surface area contributed by atoms with Crippen LogP contribution in [0.5, 0.6) is 0 Å². The Hall–Kier alpha value is -2.75. The third-order valence-electron chi connectivity index (χ3n) is 20.0. The Balaban J connectivity index is 3.91. The average Bonchev–Trinajstić information content (AvgIpc) is 1.14. The molecule has 0 heterocycles. The molecule has 0 saturated carbocycles. The Labute approximate surface area is 616 Å². The van der Waals surface area contributed by atoms with Crippen LogP contribution in [0.15, 0.2) is 48.6 Å². The number of nitrogens with zero attached hydrogens (tertiary/aromatic N) is 1. The van der Waals surface area contributed by atoms with E-state index in [0.717, 1.165) is 51.4 Å². The van der Waals surface area contributed by atoms with Crippen LogP contribution in [0, 0.1) is 0 Å². The van der Waals surface area contributed by atoms with E-state index in [2.05, 4.69) is 62.5 Å². The Morgan fingerprint density at radius 1 is 0.303 bits per heavy atom. The number of carbonyl (C=O) groups excluding carboxylic acids is 3. The molecule has 0 aromatic carbocycles. The number of hydrogen-bond acceptors (Lipinski definition) is 8. The Morgan fingerprint density at radius 2 is 0.545 bits per heavy atom. The van der Waals surface area contributed by atoms with Crippen molar-refractivity contribution in [1.29, 1.82) is 0 Å². The summed E-state index contributed by atoms with van der Waals surface area (Å²) >= 11 is 0. The molecule has 9 heteroatoms. The van der Waals surface area contributed by atoms with Gasteiger partial charge in [0.25, 0.3) is 0 Å². The van der Waals surface area contributed by atoms with Gasteiger partial charge in [-0.3, -0.25) is 9.59 Å². The molecule has 99 heavy (non-hydrogen) atoms. The van der Waals surface area contributed by atoms with Gasteiger partial charge in [0, 0.05) is 12.8 Å². The molecule has 2 unspecified atom stereocenters. The molecule has 0 saturated heterocycles. The number of carboxylic acid groups (broad SMARTS) is 1. The van der Waals surface area contributed by atoms with Gasteiger partial charge in [0.1, 0.15) is 13.2 Å². The van der Waals surface area contributed by atoms with E-state index in [1.165, 1.54) is 372 Å². The summed E-state index contributed by atoms with van der Waals surface area (Å²) < 4.78 is 22.9. The van der Waals surface area contributed by atoms with Crippen molar-refractivity contribution in [3.05, 3.63) is 48.6 Å². The van der Waals surface area contributed by atoms with E-state index in [1.807, 2.05) is 21.1 Å². The third kappa shape index (κ3) is 82.4. The zero-order chi connectivity index (χ0) is 71.8. The molecule has 0 aromatic rings. The minimum atomic E-state index is -1.62. The molecule has 0 fully saturated rings. The van der Waals surface area contributed by atoms with Crippen LogP contribution in [0.2, 0.25) is 0 Å². The maximum Gasteiger partial charge on any atom is 0.306 e. The minimum Gasteiger partial charge on any atom is -0.545 e. The van der Waals surface area contributed by atoms with Crippen molar-refractivity contribution in [1.82, 2.24) is 0 Å². The zero-order valence-electron chi connectivity index (χ0n) is 66.9. The van der Waals surface area contributed by atoms with Gasteiger partial charge in [-0.25, -0.2) is 0 Å². The van der Waals surface area contributed by atoms with Crippen molar-refractivity contribution in [3.63, 3.8) is 0 Å². The van der Waals surface area contributed by atoms with Gasteiger partial charge in [-0.15, -0.1) is 0 Å². The first-order chi connectivity index (χ1) is 48.6. The number of esters is 2. The highest BCUT2D eigenvalue weighted by atomic mass is 16.7. The van der Waals surface area contributed by atoms with Crippen molar-refractivity contribution >= 4 is 17.9 Å². The van der Waals surface area contributed by atoms with Gasteiger partial charge in [0.2, 0.25) is 0 Å². The second kappa shape index (κ2) is 80.9. The highest BCUT2D eigenvalue weighted by Gasteiger charge is 2.22. The number of rotatable bonds is 83. The van der Waals surface area contributed by atoms with Gasteiger partial charge in [-0.05, 0) is 77.0 Å². The monoisotopic (exact) mass is 1390 g/mol. The second-order valence-corrected chi connectivity index (χ2v) is 31.2. The number of quaternary nitrogens is 1. The van der Waals surface area contributed by atoms with Crippen molar-refractivity contribution < 1.29 is 42.9 Å². The van der Waals surface area contributed by atoms with Crippen molar-refractivity contribution in [2.24, 2.45) is 0 Å². The van der Waals surface area contributed by atoms with Crippen LogP contribution in [-0.2, 0) is 33.3 Å². The Bertz CT molecular complexity index is 1770. The van der Waals surface area contributed by atoms with Gasteiger partial charge >= 0.3 is 11.9 Å². The number of likely N-dealkylation sites (N-methyl/N-ethyl adjacent to an activating group) is 1. The molecule has 9 nitrogen and oxygen atoms in total. The molecule has 0 bridgehead atoms. The van der Waals surface area contributed by atoms with Gasteiger partial charge in [-0.2, -0.15) is 0 Å². The molecule has 0 N–H and O–H groups in total. The van der Waals surface area contributed by atoms with E-state index < -0.39 is 24.3 Å². The van der Waals surface area contributed by atoms with Crippen LogP contribution >= 0.6 is 0 Å². The zero-order valence-corrected chi connectivity index (χ0v) is 66.9. The summed E-state index contributed by atoms with van der Waals surface area (Å²) in [6, 6.07) is 0. The summed E-state index contributed by atoms with van der Waals surface area (Å²) in [7, 11) is 5.96. The Morgan fingerprint density at radius 3 is 0.798 bits per heavy atom. The van der Waals surface area contributed by atoms with Crippen LogP contribution in [0.25, 0.3) is 0 Å². The summed E-state index contributed by atoms with van der Waals surface area (Å²) in [6.45, 7) is 4.81. The molecular weight excluding hydrogens is 1220 g/mol. The van der Waals surface area contributed by atoms with E-state index >= 15 is 0 Å². The largest absolute Gasteiger partial charge is 0.545 e. The highest BCUT2D eigenvalue weighted by molar-refractivity contribution is 5.70. The standard InChI is InChI=1S/C90H169NO8/c1-6-8-10-12-14-16-18-20-22-24-26-28-30-32-34-36-38-40-42-43-44-45-47-49-51-53-55-57-59-61-63-65-67-69-71-73-75-77-79-81-88(93)99-86(85-98-90(89(94)95)96-83-82-91(3,4)5)84-97-87(92)80-78-76-74-72-70-68-66-64-62-60-58-56-54-52-50-48-46-41-39-37-35-33-31-29-27-25-23-21-19-17-15-13-11-9-7-2/h18-21,24-27,86,90H,6-17,22-23,28-85H2,1-5H3/b20-18-,21-19-,26-24-,27-25-. The lowest BCUT2D eigenvalue weighted by Crippen LogP contribution is -2.44. The van der Waals surface area contributed by atoms with Crippen LogP contribution in [-0.4, -0.2) is 82.3 Å². The van der Waals surface area contributed by atoms with Gasteiger partial charge in [0.15, 0.2) is 12.4 Å². The normalized spacial score (nSPS) is 12.8. The molecule has 0 radical (unpaired) electrons. The number of ether oxygens (including phenoxy) is 4. The number of aliphatic carboxylic acids is 1. The number of unbranched alkanes of at least 4 members (excludes halogenated alkanes) is 60. The molecule has 582 valence electrons. The molecule has 0 aliphatic rings. The number of allylic oxidation sites excluding steroid dienone is 8. The van der Waals surface area contributed by atoms with Crippen LogP contribution in [0.1, 0.15) is 450 Å². The lowest BCUT2D eigenvalue weighted by atomic mass is 10.0.